The fraction of sp³-hybridized carbons (Fsp3) is 0.105. The highest BCUT2D eigenvalue weighted by atomic mass is 32.1. The lowest BCUT2D eigenvalue weighted by Crippen LogP contribution is -2.30. The average molecular weight is 425 g/mol. The smallest absolute Gasteiger partial charge is 0.307 e. The van der Waals surface area contributed by atoms with E-state index in [1.807, 2.05) is 0 Å². The third-order valence-corrected chi connectivity index (χ3v) is 4.61. The summed E-state index contributed by atoms with van der Waals surface area (Å²) >= 11 is 5.32. The van der Waals surface area contributed by atoms with Gasteiger partial charge in [0.2, 0.25) is 0 Å². The molecule has 2 aromatic heterocycles. The molecule has 1 fully saturated rings. The first-order valence-corrected chi connectivity index (χ1v) is 9.13. The minimum Gasteiger partial charge on any atom is -0.495 e. The minimum absolute atomic E-state index is 0.102. The van der Waals surface area contributed by atoms with Gasteiger partial charge in [0.25, 0.3) is 5.91 Å². The molecule has 3 aromatic rings. The summed E-state index contributed by atoms with van der Waals surface area (Å²) in [6.45, 7) is 0.212. The number of ether oxygens (including phenoxy) is 1. The second-order valence-corrected chi connectivity index (χ2v) is 6.64. The number of amides is 1. The quantitative estimate of drug-likeness (QED) is 0.277. The van der Waals surface area contributed by atoms with Crippen molar-refractivity contribution < 1.29 is 18.9 Å². The van der Waals surface area contributed by atoms with E-state index in [9.17, 15) is 14.9 Å². The molecule has 1 aliphatic rings. The van der Waals surface area contributed by atoms with E-state index in [1.54, 1.807) is 42.5 Å². The van der Waals surface area contributed by atoms with E-state index in [0.717, 1.165) is 0 Å². The highest BCUT2D eigenvalue weighted by Crippen LogP contribution is 2.31. The van der Waals surface area contributed by atoms with Crippen LogP contribution in [0.5, 0.6) is 5.75 Å². The molecule has 10 nitrogen and oxygen atoms in total. The SMILES string of the molecule is COc1ccccc1N1C(=O)/C(=C\c2ccc(Cn3cc([N+](=O)[O-])cn3)o2)NC1=S. The monoisotopic (exact) mass is 425 g/mol. The topological polar surface area (TPSA) is 116 Å². The van der Waals surface area contributed by atoms with Gasteiger partial charge in [-0.3, -0.25) is 19.6 Å². The molecular weight excluding hydrogens is 410 g/mol. The maximum absolute atomic E-state index is 12.9. The normalized spacial score (nSPS) is 15.0. The van der Waals surface area contributed by atoms with Crippen LogP contribution in [0.1, 0.15) is 11.5 Å². The Bertz CT molecular complexity index is 1180. The number of furan rings is 1. The first-order valence-electron chi connectivity index (χ1n) is 8.72. The third kappa shape index (κ3) is 3.65. The summed E-state index contributed by atoms with van der Waals surface area (Å²) in [4.78, 5) is 24.5. The van der Waals surface area contributed by atoms with Crippen molar-refractivity contribution in [3.8, 4) is 5.75 Å². The van der Waals surface area contributed by atoms with Crippen LogP contribution < -0.4 is 15.0 Å². The number of carbonyl (C=O) groups excluding carboxylic acids is 1. The van der Waals surface area contributed by atoms with Gasteiger partial charge in [-0.15, -0.1) is 0 Å². The Balaban J connectivity index is 1.53. The number of hydrogen-bond donors (Lipinski definition) is 1. The molecule has 0 aliphatic carbocycles. The molecule has 0 bridgehead atoms. The lowest BCUT2D eigenvalue weighted by atomic mass is 10.2. The predicted molar refractivity (Wildman–Crippen MR) is 111 cm³/mol. The van der Waals surface area contributed by atoms with Crippen molar-refractivity contribution in [3.05, 3.63) is 76.1 Å². The number of thiocarbonyl (C=S) groups is 1. The van der Waals surface area contributed by atoms with Crippen LogP contribution >= 0.6 is 12.2 Å². The van der Waals surface area contributed by atoms with E-state index < -0.39 is 4.92 Å². The van der Waals surface area contributed by atoms with Crippen LogP contribution in [0.2, 0.25) is 0 Å². The van der Waals surface area contributed by atoms with Crippen LogP contribution in [-0.4, -0.2) is 32.8 Å². The van der Waals surface area contributed by atoms with Gasteiger partial charge in [-0.25, -0.2) is 4.90 Å². The third-order valence-electron chi connectivity index (χ3n) is 4.32. The van der Waals surface area contributed by atoms with Gasteiger partial charge in [0, 0.05) is 6.08 Å². The lowest BCUT2D eigenvalue weighted by molar-refractivity contribution is -0.385. The Labute approximate surface area is 175 Å². The number of benzene rings is 1. The largest absolute Gasteiger partial charge is 0.495 e. The number of para-hydroxylation sites is 2. The summed E-state index contributed by atoms with van der Waals surface area (Å²) in [6, 6.07) is 10.5. The summed E-state index contributed by atoms with van der Waals surface area (Å²) in [5.74, 6) is 1.12. The average Bonchev–Trinajstić information content (AvgIpc) is 3.43. The van der Waals surface area contributed by atoms with Gasteiger partial charge in [0.1, 0.15) is 35.4 Å². The highest BCUT2D eigenvalue weighted by Gasteiger charge is 2.33. The molecule has 152 valence electrons. The van der Waals surface area contributed by atoms with Gasteiger partial charge in [-0.05, 0) is 36.5 Å². The number of hydrogen-bond acceptors (Lipinski definition) is 7. The van der Waals surface area contributed by atoms with Gasteiger partial charge < -0.3 is 14.5 Å². The number of methoxy groups -OCH3 is 1. The molecule has 1 saturated heterocycles. The standard InChI is InChI=1S/C19H15N5O5S/c1-28-17-5-3-2-4-16(17)23-18(25)15(21-19(23)30)8-13-6-7-14(29-13)11-22-10-12(9-20-22)24(26)27/h2-10H,11H2,1H3,(H,21,30)/b15-8+. The second-order valence-electron chi connectivity index (χ2n) is 6.26. The van der Waals surface area contributed by atoms with E-state index in [1.165, 1.54) is 29.1 Å². The number of nitrogens with zero attached hydrogens (tertiary/aromatic N) is 4. The van der Waals surface area contributed by atoms with E-state index in [-0.39, 0.29) is 28.9 Å². The number of aromatic nitrogens is 2. The van der Waals surface area contributed by atoms with Gasteiger partial charge in [-0.1, -0.05) is 12.1 Å². The van der Waals surface area contributed by atoms with Gasteiger partial charge >= 0.3 is 5.69 Å². The van der Waals surface area contributed by atoms with Crippen molar-refractivity contribution in [1.29, 1.82) is 0 Å². The minimum atomic E-state index is -0.519. The molecule has 1 aliphatic heterocycles. The van der Waals surface area contributed by atoms with E-state index in [0.29, 0.717) is 23.0 Å². The van der Waals surface area contributed by atoms with Crippen molar-refractivity contribution in [3.63, 3.8) is 0 Å². The summed E-state index contributed by atoms with van der Waals surface area (Å²) in [5.41, 5.74) is 0.683. The molecule has 1 aromatic carbocycles. The molecule has 4 rings (SSSR count). The zero-order valence-electron chi connectivity index (χ0n) is 15.6. The summed E-state index contributed by atoms with van der Waals surface area (Å²) < 4.78 is 12.4. The molecule has 1 N–H and O–H groups in total. The molecule has 3 heterocycles. The van der Waals surface area contributed by atoms with Gasteiger partial charge in [0.15, 0.2) is 5.11 Å². The van der Waals surface area contributed by atoms with Crippen molar-refractivity contribution in [2.45, 2.75) is 6.54 Å². The molecule has 1 amide bonds. The van der Waals surface area contributed by atoms with Crippen molar-refractivity contribution in [2.75, 3.05) is 12.0 Å². The van der Waals surface area contributed by atoms with Crippen molar-refractivity contribution in [1.82, 2.24) is 15.1 Å². The zero-order chi connectivity index (χ0) is 21.3. The second kappa shape index (κ2) is 7.79. The van der Waals surface area contributed by atoms with Crippen LogP contribution in [0.3, 0.4) is 0 Å². The highest BCUT2D eigenvalue weighted by molar-refractivity contribution is 7.80. The number of nitrogens with one attached hydrogen (secondary N) is 1. The number of carbonyl (C=O) groups is 1. The van der Waals surface area contributed by atoms with Crippen molar-refractivity contribution in [2.24, 2.45) is 0 Å². The zero-order valence-corrected chi connectivity index (χ0v) is 16.5. The predicted octanol–water partition coefficient (Wildman–Crippen LogP) is 2.70. The maximum Gasteiger partial charge on any atom is 0.307 e. The van der Waals surface area contributed by atoms with Crippen LogP contribution in [0, 0.1) is 10.1 Å². The van der Waals surface area contributed by atoms with Crippen LogP contribution in [0.25, 0.3) is 6.08 Å². The maximum atomic E-state index is 12.9. The molecule has 30 heavy (non-hydrogen) atoms. The summed E-state index contributed by atoms with van der Waals surface area (Å²) in [5, 5.41) is 17.8. The molecule has 0 saturated carbocycles. The number of anilines is 1. The Morgan fingerprint density at radius 1 is 1.33 bits per heavy atom. The molecule has 0 atom stereocenters. The van der Waals surface area contributed by atoms with Gasteiger partial charge in [-0.2, -0.15) is 5.10 Å². The Hall–Kier alpha value is -3.99. The summed E-state index contributed by atoms with van der Waals surface area (Å²) in [7, 11) is 1.52. The number of rotatable bonds is 6. The molecular formula is C19H15N5O5S. The summed E-state index contributed by atoms with van der Waals surface area (Å²) in [6.07, 6.45) is 4.02. The van der Waals surface area contributed by atoms with Crippen LogP contribution in [0.4, 0.5) is 11.4 Å². The number of nitro groups is 1. The fourth-order valence-corrected chi connectivity index (χ4v) is 3.25. The van der Waals surface area contributed by atoms with E-state index >= 15 is 0 Å². The first kappa shape index (κ1) is 19.3. The van der Waals surface area contributed by atoms with Crippen LogP contribution in [-0.2, 0) is 11.3 Å². The van der Waals surface area contributed by atoms with Crippen molar-refractivity contribution >= 4 is 40.7 Å². The fourth-order valence-electron chi connectivity index (χ4n) is 2.96. The van der Waals surface area contributed by atoms with Gasteiger partial charge in [0.05, 0.1) is 24.3 Å². The Kier molecular flexibility index (Phi) is 5.02. The molecule has 0 spiro atoms. The molecule has 11 heteroatoms. The Morgan fingerprint density at radius 3 is 2.87 bits per heavy atom. The Morgan fingerprint density at radius 2 is 2.13 bits per heavy atom. The first-order chi connectivity index (χ1) is 14.5. The molecule has 0 radical (unpaired) electrons. The van der Waals surface area contributed by atoms with E-state index in [2.05, 4.69) is 10.4 Å². The lowest BCUT2D eigenvalue weighted by Gasteiger charge is -2.17. The van der Waals surface area contributed by atoms with Crippen LogP contribution in [0.15, 0.2) is 58.9 Å². The van der Waals surface area contributed by atoms with E-state index in [4.69, 9.17) is 21.4 Å². The molecule has 0 unspecified atom stereocenters.